The number of rotatable bonds is 2. The van der Waals surface area contributed by atoms with Gasteiger partial charge in [-0.05, 0) is 32.8 Å². The molecule has 0 radical (unpaired) electrons. The first-order valence-electron chi connectivity index (χ1n) is 4.71. The van der Waals surface area contributed by atoms with Crippen LogP contribution in [0.15, 0.2) is 11.8 Å². The predicted octanol–water partition coefficient (Wildman–Crippen LogP) is 2.37. The molecule has 1 atom stereocenters. The summed E-state index contributed by atoms with van der Waals surface area (Å²) >= 11 is 0. The summed E-state index contributed by atoms with van der Waals surface area (Å²) in [6, 6.07) is 0.533. The van der Waals surface area contributed by atoms with E-state index < -0.39 is 0 Å². The summed E-state index contributed by atoms with van der Waals surface area (Å²) in [5.74, 6) is 0. The molecule has 0 fully saturated rings. The first kappa shape index (κ1) is 9.59. The second-order valence-corrected chi connectivity index (χ2v) is 3.69. The average Bonchev–Trinajstić information content (AvgIpc) is 2.04. The van der Waals surface area contributed by atoms with Crippen molar-refractivity contribution in [2.45, 2.75) is 46.4 Å². The molecule has 2 heteroatoms. The number of hydrogen-bond donors (Lipinski definition) is 0. The minimum absolute atomic E-state index is 0.286. The van der Waals surface area contributed by atoms with Crippen LogP contribution in [0.1, 0.15) is 34.1 Å². The van der Waals surface area contributed by atoms with E-state index in [0.717, 1.165) is 13.0 Å². The Hall–Kier alpha value is -0.500. The molecule has 1 aliphatic rings. The van der Waals surface area contributed by atoms with Gasteiger partial charge in [0, 0.05) is 12.2 Å². The van der Waals surface area contributed by atoms with Gasteiger partial charge in [0.05, 0.1) is 6.61 Å². The standard InChI is InChI=1S/C10H19NO/c1-5-10-11(8(2)3)6-9(4)7-12-10/h6,8,10H,5,7H2,1-4H3. The fraction of sp³-hybridized carbons (Fsp3) is 0.800. The zero-order chi connectivity index (χ0) is 9.14. The molecule has 2 nitrogen and oxygen atoms in total. The summed E-state index contributed by atoms with van der Waals surface area (Å²) in [5.41, 5.74) is 1.31. The molecule has 0 aromatic carbocycles. The Kier molecular flexibility index (Phi) is 3.15. The van der Waals surface area contributed by atoms with Gasteiger partial charge in [0.15, 0.2) is 0 Å². The summed E-state index contributed by atoms with van der Waals surface area (Å²) in [6.07, 6.45) is 3.57. The lowest BCUT2D eigenvalue weighted by atomic mass is 10.2. The van der Waals surface area contributed by atoms with Gasteiger partial charge >= 0.3 is 0 Å². The molecule has 0 spiro atoms. The summed E-state index contributed by atoms with van der Waals surface area (Å²) in [5, 5.41) is 0. The van der Waals surface area contributed by atoms with Gasteiger partial charge in [-0.15, -0.1) is 0 Å². The van der Waals surface area contributed by atoms with Gasteiger partial charge in [-0.1, -0.05) is 6.92 Å². The molecule has 0 aromatic heterocycles. The number of nitrogens with zero attached hydrogens (tertiary/aromatic N) is 1. The Morgan fingerprint density at radius 2 is 2.33 bits per heavy atom. The van der Waals surface area contributed by atoms with Crippen LogP contribution in [0.4, 0.5) is 0 Å². The van der Waals surface area contributed by atoms with E-state index in [9.17, 15) is 0 Å². The van der Waals surface area contributed by atoms with E-state index in [1.807, 2.05) is 0 Å². The van der Waals surface area contributed by atoms with Gasteiger partial charge < -0.3 is 9.64 Å². The van der Waals surface area contributed by atoms with Crippen LogP contribution in [-0.2, 0) is 4.74 Å². The highest BCUT2D eigenvalue weighted by molar-refractivity contribution is 5.02. The number of ether oxygens (including phenoxy) is 1. The van der Waals surface area contributed by atoms with Gasteiger partial charge in [0.1, 0.15) is 6.23 Å². The van der Waals surface area contributed by atoms with Crippen molar-refractivity contribution in [2.75, 3.05) is 6.61 Å². The molecule has 1 unspecified atom stereocenters. The zero-order valence-corrected chi connectivity index (χ0v) is 8.50. The van der Waals surface area contributed by atoms with E-state index in [4.69, 9.17) is 4.74 Å². The fourth-order valence-electron chi connectivity index (χ4n) is 1.50. The minimum atomic E-state index is 0.286. The molecule has 1 heterocycles. The second kappa shape index (κ2) is 3.94. The lowest BCUT2D eigenvalue weighted by Gasteiger charge is -2.37. The Bertz CT molecular complexity index is 175. The highest BCUT2D eigenvalue weighted by Crippen LogP contribution is 2.18. The van der Waals surface area contributed by atoms with Crippen LogP contribution in [0, 0.1) is 0 Å². The third-order valence-electron chi connectivity index (χ3n) is 2.15. The Balaban J connectivity index is 2.69. The molecule has 0 N–H and O–H groups in total. The molecule has 1 rings (SSSR count). The van der Waals surface area contributed by atoms with E-state index in [2.05, 4.69) is 38.8 Å². The Labute approximate surface area is 75.2 Å². The highest BCUT2D eigenvalue weighted by atomic mass is 16.5. The molecular weight excluding hydrogens is 150 g/mol. The first-order valence-corrected chi connectivity index (χ1v) is 4.71. The SMILES string of the molecule is CCC1OCC(C)=CN1C(C)C. The summed E-state index contributed by atoms with van der Waals surface area (Å²) < 4.78 is 5.67. The predicted molar refractivity (Wildman–Crippen MR) is 50.8 cm³/mol. The van der Waals surface area contributed by atoms with Crippen molar-refractivity contribution >= 4 is 0 Å². The molecular formula is C10H19NO. The van der Waals surface area contributed by atoms with Crippen LogP contribution in [0.25, 0.3) is 0 Å². The maximum Gasteiger partial charge on any atom is 0.130 e. The first-order chi connectivity index (χ1) is 5.65. The van der Waals surface area contributed by atoms with Crippen LogP contribution in [0.2, 0.25) is 0 Å². The Morgan fingerprint density at radius 3 is 2.83 bits per heavy atom. The van der Waals surface area contributed by atoms with Crippen molar-refractivity contribution in [1.82, 2.24) is 4.90 Å². The van der Waals surface area contributed by atoms with E-state index in [0.29, 0.717) is 6.04 Å². The molecule has 12 heavy (non-hydrogen) atoms. The van der Waals surface area contributed by atoms with Crippen molar-refractivity contribution in [3.8, 4) is 0 Å². The third-order valence-corrected chi connectivity index (χ3v) is 2.15. The molecule has 0 aromatic rings. The monoisotopic (exact) mass is 169 g/mol. The van der Waals surface area contributed by atoms with Gasteiger partial charge in [0.25, 0.3) is 0 Å². The van der Waals surface area contributed by atoms with Crippen LogP contribution in [0.3, 0.4) is 0 Å². The van der Waals surface area contributed by atoms with Crippen molar-refractivity contribution in [2.24, 2.45) is 0 Å². The maximum atomic E-state index is 5.67. The van der Waals surface area contributed by atoms with E-state index in [-0.39, 0.29) is 6.23 Å². The van der Waals surface area contributed by atoms with Crippen molar-refractivity contribution in [3.63, 3.8) is 0 Å². The molecule has 0 saturated carbocycles. The summed E-state index contributed by atoms with van der Waals surface area (Å²) in [6.45, 7) is 9.46. The van der Waals surface area contributed by atoms with Crippen molar-refractivity contribution in [1.29, 1.82) is 0 Å². The minimum Gasteiger partial charge on any atom is -0.354 e. The quantitative estimate of drug-likeness (QED) is 0.629. The second-order valence-electron chi connectivity index (χ2n) is 3.69. The maximum absolute atomic E-state index is 5.67. The van der Waals surface area contributed by atoms with E-state index in [1.165, 1.54) is 5.57 Å². The molecule has 1 aliphatic heterocycles. The normalized spacial score (nSPS) is 24.6. The molecule has 0 bridgehead atoms. The van der Waals surface area contributed by atoms with Gasteiger partial charge in [-0.25, -0.2) is 0 Å². The Morgan fingerprint density at radius 1 is 1.67 bits per heavy atom. The van der Waals surface area contributed by atoms with Crippen LogP contribution < -0.4 is 0 Å². The highest BCUT2D eigenvalue weighted by Gasteiger charge is 2.20. The average molecular weight is 169 g/mol. The largest absolute Gasteiger partial charge is 0.354 e. The van der Waals surface area contributed by atoms with Gasteiger partial charge in [0.2, 0.25) is 0 Å². The summed E-state index contributed by atoms with van der Waals surface area (Å²) in [4.78, 5) is 2.29. The smallest absolute Gasteiger partial charge is 0.130 e. The summed E-state index contributed by atoms with van der Waals surface area (Å²) in [7, 11) is 0. The zero-order valence-electron chi connectivity index (χ0n) is 8.50. The third kappa shape index (κ3) is 2.01. The topological polar surface area (TPSA) is 12.5 Å². The van der Waals surface area contributed by atoms with Gasteiger partial charge in [-0.3, -0.25) is 0 Å². The van der Waals surface area contributed by atoms with Crippen LogP contribution >= 0.6 is 0 Å². The van der Waals surface area contributed by atoms with Crippen molar-refractivity contribution < 1.29 is 4.74 Å². The lowest BCUT2D eigenvalue weighted by Crippen LogP contribution is -2.41. The lowest BCUT2D eigenvalue weighted by molar-refractivity contribution is -0.0558. The van der Waals surface area contributed by atoms with Crippen LogP contribution in [0.5, 0.6) is 0 Å². The molecule has 0 saturated heterocycles. The van der Waals surface area contributed by atoms with Crippen LogP contribution in [-0.4, -0.2) is 23.8 Å². The number of hydrogen-bond acceptors (Lipinski definition) is 2. The molecule has 0 amide bonds. The van der Waals surface area contributed by atoms with Crippen molar-refractivity contribution in [3.05, 3.63) is 11.8 Å². The fourth-order valence-corrected chi connectivity index (χ4v) is 1.50. The molecule has 0 aliphatic carbocycles. The van der Waals surface area contributed by atoms with E-state index in [1.54, 1.807) is 0 Å². The van der Waals surface area contributed by atoms with Gasteiger partial charge in [-0.2, -0.15) is 0 Å². The molecule has 70 valence electrons. The van der Waals surface area contributed by atoms with E-state index >= 15 is 0 Å².